The van der Waals surface area contributed by atoms with Crippen molar-refractivity contribution in [1.82, 2.24) is 0 Å². The first-order valence-corrected chi connectivity index (χ1v) is 6.18. The smallest absolute Gasteiger partial charge is 0.309 e. The van der Waals surface area contributed by atoms with E-state index in [1.165, 1.54) is 0 Å². The number of aliphatic carboxylic acids is 1. The van der Waals surface area contributed by atoms with Crippen molar-refractivity contribution in [2.24, 2.45) is 5.92 Å². The van der Waals surface area contributed by atoms with Crippen molar-refractivity contribution >= 4 is 28.6 Å². The second-order valence-electron chi connectivity index (χ2n) is 3.95. The molecule has 0 aliphatic heterocycles. The summed E-state index contributed by atoms with van der Waals surface area (Å²) in [5.74, 6) is -1.75. The zero-order chi connectivity index (χ0) is 12.3. The van der Waals surface area contributed by atoms with Crippen LogP contribution in [0.5, 0.6) is 0 Å². The van der Waals surface area contributed by atoms with Gasteiger partial charge in [-0.25, -0.2) is 0 Å². The average molecular weight is 334 g/mol. The van der Waals surface area contributed by atoms with E-state index >= 15 is 0 Å². The number of rotatable bonds is 4. The Labute approximate surface area is 109 Å². The highest BCUT2D eigenvalue weighted by Crippen LogP contribution is 2.32. The molecule has 0 aromatic heterocycles. The fourth-order valence-electron chi connectivity index (χ4n) is 1.80. The third-order valence-electron chi connectivity index (χ3n) is 2.81. The highest BCUT2D eigenvalue weighted by atomic mass is 127. The van der Waals surface area contributed by atoms with Crippen LogP contribution in [0.15, 0.2) is 24.3 Å². The van der Waals surface area contributed by atoms with Crippen LogP contribution in [0.3, 0.4) is 0 Å². The number of carboxylic acid groups (broad SMARTS) is 1. The van der Waals surface area contributed by atoms with Gasteiger partial charge < -0.3 is 10.2 Å². The molecule has 1 rings (SSSR count). The Morgan fingerprint density at radius 1 is 1.44 bits per heavy atom. The van der Waals surface area contributed by atoms with Gasteiger partial charge in [-0.15, -0.1) is 0 Å². The predicted octanol–water partition coefficient (Wildman–Crippen LogP) is 2.61. The number of benzene rings is 1. The van der Waals surface area contributed by atoms with E-state index in [9.17, 15) is 9.90 Å². The van der Waals surface area contributed by atoms with Gasteiger partial charge in [0.1, 0.15) is 5.60 Å². The fraction of sp³-hybridized carbons (Fsp3) is 0.417. The Morgan fingerprint density at radius 3 is 2.31 bits per heavy atom. The summed E-state index contributed by atoms with van der Waals surface area (Å²) in [5, 5.41) is 19.4. The molecule has 1 aromatic rings. The van der Waals surface area contributed by atoms with Crippen LogP contribution in [0.4, 0.5) is 0 Å². The molecule has 0 fully saturated rings. The van der Waals surface area contributed by atoms with Gasteiger partial charge in [-0.2, -0.15) is 0 Å². The maximum absolute atomic E-state index is 11.1. The Bertz CT molecular complexity index is 370. The summed E-state index contributed by atoms with van der Waals surface area (Å²) in [5.41, 5.74) is -0.688. The Morgan fingerprint density at radius 2 is 1.94 bits per heavy atom. The summed E-state index contributed by atoms with van der Waals surface area (Å²) in [6.07, 6.45) is 0.397. The van der Waals surface area contributed by atoms with E-state index in [1.807, 2.05) is 12.1 Å². The van der Waals surface area contributed by atoms with Crippen LogP contribution in [-0.4, -0.2) is 16.2 Å². The van der Waals surface area contributed by atoms with Gasteiger partial charge in [-0.05, 0) is 53.6 Å². The molecular weight excluding hydrogens is 319 g/mol. The van der Waals surface area contributed by atoms with Gasteiger partial charge in [0.2, 0.25) is 0 Å². The number of hydrogen-bond donors (Lipinski definition) is 2. The summed E-state index contributed by atoms with van der Waals surface area (Å²) in [7, 11) is 0. The van der Waals surface area contributed by atoms with Gasteiger partial charge in [0.25, 0.3) is 0 Å². The molecule has 0 bridgehead atoms. The fourth-order valence-corrected chi connectivity index (χ4v) is 2.16. The van der Waals surface area contributed by atoms with Crippen molar-refractivity contribution in [2.45, 2.75) is 25.9 Å². The minimum absolute atomic E-state index is 0.397. The second-order valence-corrected chi connectivity index (χ2v) is 5.20. The molecule has 0 heterocycles. The van der Waals surface area contributed by atoms with Gasteiger partial charge in [-0.1, -0.05) is 19.1 Å². The lowest BCUT2D eigenvalue weighted by atomic mass is 9.81. The number of halogens is 1. The molecule has 1 aromatic carbocycles. The Balaban J connectivity index is 3.08. The first-order valence-electron chi connectivity index (χ1n) is 5.10. The molecule has 0 saturated carbocycles. The zero-order valence-corrected chi connectivity index (χ0v) is 11.4. The van der Waals surface area contributed by atoms with Crippen LogP contribution in [0.2, 0.25) is 0 Å². The third-order valence-corrected chi connectivity index (χ3v) is 3.53. The first-order chi connectivity index (χ1) is 7.39. The molecule has 0 spiro atoms. The molecule has 0 amide bonds. The van der Waals surface area contributed by atoms with E-state index in [0.717, 1.165) is 3.57 Å². The molecule has 0 saturated heterocycles. The summed E-state index contributed by atoms with van der Waals surface area (Å²) in [6, 6.07) is 7.26. The van der Waals surface area contributed by atoms with Gasteiger partial charge in [-0.3, -0.25) is 4.79 Å². The van der Waals surface area contributed by atoms with Gasteiger partial charge in [0, 0.05) is 3.57 Å². The van der Waals surface area contributed by atoms with E-state index in [1.54, 1.807) is 26.0 Å². The van der Waals surface area contributed by atoms with Crippen molar-refractivity contribution in [2.75, 3.05) is 0 Å². The summed E-state index contributed by atoms with van der Waals surface area (Å²) < 4.78 is 1.06. The molecule has 0 radical (unpaired) electrons. The van der Waals surface area contributed by atoms with Crippen LogP contribution >= 0.6 is 22.6 Å². The van der Waals surface area contributed by atoms with Crippen molar-refractivity contribution < 1.29 is 15.0 Å². The molecular formula is C12H15IO3. The largest absolute Gasteiger partial charge is 0.481 e. The van der Waals surface area contributed by atoms with Crippen LogP contribution < -0.4 is 0 Å². The predicted molar refractivity (Wildman–Crippen MR) is 70.1 cm³/mol. The van der Waals surface area contributed by atoms with E-state index < -0.39 is 17.5 Å². The lowest BCUT2D eigenvalue weighted by Crippen LogP contribution is -2.36. The van der Waals surface area contributed by atoms with Gasteiger partial charge in [0.15, 0.2) is 0 Å². The van der Waals surface area contributed by atoms with E-state index in [0.29, 0.717) is 12.0 Å². The van der Waals surface area contributed by atoms with E-state index in [-0.39, 0.29) is 0 Å². The lowest BCUT2D eigenvalue weighted by Gasteiger charge is -2.29. The first kappa shape index (κ1) is 13.4. The molecule has 4 heteroatoms. The minimum Gasteiger partial charge on any atom is -0.481 e. The highest BCUT2D eigenvalue weighted by Gasteiger charge is 2.37. The number of carboxylic acids is 1. The average Bonchev–Trinajstić information content (AvgIpc) is 2.18. The molecule has 2 N–H and O–H groups in total. The number of aliphatic hydroxyl groups is 1. The van der Waals surface area contributed by atoms with Crippen molar-refractivity contribution in [3.8, 4) is 0 Å². The highest BCUT2D eigenvalue weighted by molar-refractivity contribution is 14.1. The minimum atomic E-state index is -1.33. The maximum atomic E-state index is 11.1. The van der Waals surface area contributed by atoms with E-state index in [2.05, 4.69) is 22.6 Å². The zero-order valence-electron chi connectivity index (χ0n) is 9.27. The maximum Gasteiger partial charge on any atom is 0.309 e. The third kappa shape index (κ3) is 2.74. The van der Waals surface area contributed by atoms with Crippen molar-refractivity contribution in [3.63, 3.8) is 0 Å². The van der Waals surface area contributed by atoms with Gasteiger partial charge in [0.05, 0.1) is 5.92 Å². The Kier molecular flexibility index (Phi) is 4.32. The summed E-state index contributed by atoms with van der Waals surface area (Å²) in [4.78, 5) is 11.1. The lowest BCUT2D eigenvalue weighted by molar-refractivity contribution is -0.152. The number of hydrogen-bond acceptors (Lipinski definition) is 2. The summed E-state index contributed by atoms with van der Waals surface area (Å²) >= 11 is 2.17. The van der Waals surface area contributed by atoms with E-state index in [4.69, 9.17) is 5.11 Å². The Hall–Kier alpha value is -0.620. The molecule has 3 nitrogen and oxygen atoms in total. The van der Waals surface area contributed by atoms with Crippen LogP contribution in [0.25, 0.3) is 0 Å². The molecule has 88 valence electrons. The van der Waals surface area contributed by atoms with Crippen LogP contribution in [-0.2, 0) is 10.4 Å². The molecule has 2 atom stereocenters. The monoisotopic (exact) mass is 334 g/mol. The second kappa shape index (κ2) is 5.14. The van der Waals surface area contributed by atoms with Crippen molar-refractivity contribution in [1.29, 1.82) is 0 Å². The molecule has 0 aliphatic carbocycles. The molecule has 0 aliphatic rings. The summed E-state index contributed by atoms with van der Waals surface area (Å²) in [6.45, 7) is 3.32. The van der Waals surface area contributed by atoms with Crippen molar-refractivity contribution in [3.05, 3.63) is 33.4 Å². The SMILES string of the molecule is CCC(C(=O)O)C(C)(O)c1ccc(I)cc1. The number of carbonyl (C=O) groups is 1. The normalized spacial score (nSPS) is 16.5. The van der Waals surface area contributed by atoms with Crippen LogP contribution in [0, 0.1) is 9.49 Å². The van der Waals surface area contributed by atoms with Gasteiger partial charge >= 0.3 is 5.97 Å². The molecule has 16 heavy (non-hydrogen) atoms. The topological polar surface area (TPSA) is 57.5 Å². The standard InChI is InChI=1S/C12H15IO3/c1-3-10(11(14)15)12(2,16)8-4-6-9(13)7-5-8/h4-7,10,16H,3H2,1-2H3,(H,14,15). The molecule has 2 unspecified atom stereocenters. The quantitative estimate of drug-likeness (QED) is 0.833. The van der Waals surface area contributed by atoms with Crippen LogP contribution in [0.1, 0.15) is 25.8 Å².